The van der Waals surface area contributed by atoms with Gasteiger partial charge >= 0.3 is 0 Å². The molecule has 0 bridgehead atoms. The van der Waals surface area contributed by atoms with Gasteiger partial charge in [-0.25, -0.2) is 0 Å². The first-order valence-corrected chi connectivity index (χ1v) is 8.35. The Labute approximate surface area is 131 Å². The molecule has 1 N–H and O–H groups in total. The van der Waals surface area contributed by atoms with E-state index in [-0.39, 0.29) is 0 Å². The van der Waals surface area contributed by atoms with E-state index in [9.17, 15) is 0 Å². The van der Waals surface area contributed by atoms with Crippen molar-refractivity contribution in [2.75, 3.05) is 14.2 Å². The van der Waals surface area contributed by atoms with Crippen molar-refractivity contribution >= 4 is 15.9 Å². The number of benzene rings is 1. The Morgan fingerprint density at radius 1 is 1.20 bits per heavy atom. The molecule has 1 aromatic rings. The lowest BCUT2D eigenvalue weighted by atomic mass is 9.72. The molecule has 3 heteroatoms. The summed E-state index contributed by atoms with van der Waals surface area (Å²) in [6, 6.07) is 6.88. The Morgan fingerprint density at radius 2 is 1.85 bits per heavy atom. The summed E-state index contributed by atoms with van der Waals surface area (Å²) in [5.41, 5.74) is 1.35. The summed E-state index contributed by atoms with van der Waals surface area (Å²) in [7, 11) is 3.78. The molecule has 0 radical (unpaired) electrons. The summed E-state index contributed by atoms with van der Waals surface area (Å²) in [4.78, 5) is 0. The molecule has 3 atom stereocenters. The van der Waals surface area contributed by atoms with E-state index in [0.717, 1.165) is 28.0 Å². The topological polar surface area (TPSA) is 21.3 Å². The highest BCUT2D eigenvalue weighted by Gasteiger charge is 2.30. The van der Waals surface area contributed by atoms with Gasteiger partial charge in [-0.3, -0.25) is 0 Å². The summed E-state index contributed by atoms with van der Waals surface area (Å²) >= 11 is 3.60. The molecule has 20 heavy (non-hydrogen) atoms. The van der Waals surface area contributed by atoms with Crippen LogP contribution >= 0.6 is 15.9 Å². The molecule has 0 saturated heterocycles. The van der Waals surface area contributed by atoms with Crippen molar-refractivity contribution in [1.82, 2.24) is 5.32 Å². The molecule has 1 aliphatic carbocycles. The third kappa shape index (κ3) is 3.56. The fourth-order valence-electron chi connectivity index (χ4n) is 3.83. The number of hydrogen-bond acceptors (Lipinski definition) is 2. The Hall–Kier alpha value is -0.540. The number of hydrogen-bond donors (Lipinski definition) is 1. The molecule has 2 nitrogen and oxygen atoms in total. The first-order chi connectivity index (χ1) is 9.55. The van der Waals surface area contributed by atoms with Crippen molar-refractivity contribution in [3.63, 3.8) is 0 Å². The van der Waals surface area contributed by atoms with E-state index in [1.807, 2.05) is 0 Å². The lowest BCUT2D eigenvalue weighted by Gasteiger charge is -2.36. The van der Waals surface area contributed by atoms with Crippen LogP contribution in [0.15, 0.2) is 22.7 Å². The number of ether oxygens (including phenoxy) is 1. The monoisotopic (exact) mass is 339 g/mol. The van der Waals surface area contributed by atoms with Crippen LogP contribution in [-0.2, 0) is 0 Å². The minimum absolute atomic E-state index is 0.433. The molecule has 0 heterocycles. The van der Waals surface area contributed by atoms with E-state index in [1.165, 1.54) is 24.8 Å². The summed E-state index contributed by atoms with van der Waals surface area (Å²) in [5, 5.41) is 3.53. The van der Waals surface area contributed by atoms with Gasteiger partial charge in [-0.05, 0) is 77.7 Å². The van der Waals surface area contributed by atoms with Crippen LogP contribution in [0, 0.1) is 17.8 Å². The number of methoxy groups -OCH3 is 1. The SMILES string of the molecule is CNC(c1ccc(OC)c(Br)c1)C1CC(C)CC(C)C1. The van der Waals surface area contributed by atoms with Crippen LogP contribution in [0.2, 0.25) is 0 Å². The lowest BCUT2D eigenvalue weighted by Crippen LogP contribution is -2.31. The number of rotatable bonds is 4. The molecule has 112 valence electrons. The molecule has 0 aliphatic heterocycles. The molecule has 0 amide bonds. The van der Waals surface area contributed by atoms with Crippen molar-refractivity contribution in [1.29, 1.82) is 0 Å². The zero-order valence-electron chi connectivity index (χ0n) is 12.9. The van der Waals surface area contributed by atoms with E-state index in [0.29, 0.717) is 6.04 Å². The van der Waals surface area contributed by atoms with Gasteiger partial charge in [-0.1, -0.05) is 19.9 Å². The van der Waals surface area contributed by atoms with E-state index in [2.05, 4.69) is 60.3 Å². The standard InChI is InChI=1S/C17H26BrNO/c1-11-7-12(2)9-14(8-11)17(19-3)13-5-6-16(20-4)15(18)10-13/h5-6,10-12,14,17,19H,7-9H2,1-4H3. The molecule has 3 unspecified atom stereocenters. The second-order valence-corrected chi connectivity index (χ2v) is 7.19. The summed E-state index contributed by atoms with van der Waals surface area (Å²) in [6.07, 6.45) is 4.01. The third-order valence-electron chi connectivity index (χ3n) is 4.53. The fourth-order valence-corrected chi connectivity index (χ4v) is 4.39. The van der Waals surface area contributed by atoms with Crippen LogP contribution in [0.25, 0.3) is 0 Å². The first kappa shape index (κ1) is 15.8. The highest BCUT2D eigenvalue weighted by molar-refractivity contribution is 9.10. The van der Waals surface area contributed by atoms with Crippen LogP contribution in [0.4, 0.5) is 0 Å². The molecular weight excluding hydrogens is 314 g/mol. The fraction of sp³-hybridized carbons (Fsp3) is 0.647. The molecule has 1 fully saturated rings. The van der Waals surface area contributed by atoms with Gasteiger partial charge in [0.15, 0.2) is 0 Å². The van der Waals surface area contributed by atoms with E-state index < -0.39 is 0 Å². The van der Waals surface area contributed by atoms with Crippen molar-refractivity contribution in [2.45, 2.75) is 39.2 Å². The van der Waals surface area contributed by atoms with Gasteiger partial charge in [0.05, 0.1) is 11.6 Å². The Balaban J connectivity index is 2.21. The average Bonchev–Trinajstić information content (AvgIpc) is 2.38. The van der Waals surface area contributed by atoms with Crippen LogP contribution in [0.1, 0.15) is 44.7 Å². The van der Waals surface area contributed by atoms with Gasteiger partial charge in [0, 0.05) is 6.04 Å². The number of nitrogens with one attached hydrogen (secondary N) is 1. The molecule has 2 rings (SSSR count). The quantitative estimate of drug-likeness (QED) is 0.851. The first-order valence-electron chi connectivity index (χ1n) is 7.55. The maximum Gasteiger partial charge on any atom is 0.133 e. The van der Waals surface area contributed by atoms with E-state index in [4.69, 9.17) is 4.74 Å². The average molecular weight is 340 g/mol. The van der Waals surface area contributed by atoms with Crippen LogP contribution in [-0.4, -0.2) is 14.2 Å². The minimum atomic E-state index is 0.433. The van der Waals surface area contributed by atoms with Crippen molar-refractivity contribution in [2.24, 2.45) is 17.8 Å². The second kappa shape index (κ2) is 6.95. The van der Waals surface area contributed by atoms with Crippen LogP contribution < -0.4 is 10.1 Å². The molecular formula is C17H26BrNO. The Kier molecular flexibility index (Phi) is 5.50. The highest BCUT2D eigenvalue weighted by atomic mass is 79.9. The summed E-state index contributed by atoms with van der Waals surface area (Å²) in [6.45, 7) is 4.78. The van der Waals surface area contributed by atoms with Crippen molar-refractivity contribution in [3.8, 4) is 5.75 Å². The van der Waals surface area contributed by atoms with Gasteiger partial charge < -0.3 is 10.1 Å². The Bertz CT molecular complexity index is 439. The van der Waals surface area contributed by atoms with Crippen molar-refractivity contribution in [3.05, 3.63) is 28.2 Å². The predicted molar refractivity (Wildman–Crippen MR) is 88.2 cm³/mol. The molecule has 1 aliphatic rings. The summed E-state index contributed by atoms with van der Waals surface area (Å²) < 4.78 is 6.36. The van der Waals surface area contributed by atoms with E-state index in [1.54, 1.807) is 7.11 Å². The summed E-state index contributed by atoms with van der Waals surface area (Å²) in [5.74, 6) is 3.29. The van der Waals surface area contributed by atoms with Crippen LogP contribution in [0.3, 0.4) is 0 Å². The van der Waals surface area contributed by atoms with Gasteiger partial charge in [-0.15, -0.1) is 0 Å². The van der Waals surface area contributed by atoms with Crippen molar-refractivity contribution < 1.29 is 4.74 Å². The maximum atomic E-state index is 5.33. The van der Waals surface area contributed by atoms with Gasteiger partial charge in [0.2, 0.25) is 0 Å². The molecule has 1 aromatic carbocycles. The third-order valence-corrected chi connectivity index (χ3v) is 5.15. The van der Waals surface area contributed by atoms with Gasteiger partial charge in [0.1, 0.15) is 5.75 Å². The normalized spacial score (nSPS) is 28.1. The highest BCUT2D eigenvalue weighted by Crippen LogP contribution is 2.40. The minimum Gasteiger partial charge on any atom is -0.496 e. The van der Waals surface area contributed by atoms with Crippen LogP contribution in [0.5, 0.6) is 5.75 Å². The molecule has 1 saturated carbocycles. The van der Waals surface area contributed by atoms with Gasteiger partial charge in [-0.2, -0.15) is 0 Å². The smallest absolute Gasteiger partial charge is 0.133 e. The zero-order chi connectivity index (χ0) is 14.7. The van der Waals surface area contributed by atoms with E-state index >= 15 is 0 Å². The lowest BCUT2D eigenvalue weighted by molar-refractivity contribution is 0.180. The number of halogens is 1. The van der Waals surface area contributed by atoms with Gasteiger partial charge in [0.25, 0.3) is 0 Å². The second-order valence-electron chi connectivity index (χ2n) is 6.34. The molecule has 0 aromatic heterocycles. The predicted octanol–water partition coefficient (Wildman–Crippen LogP) is 4.79. The Morgan fingerprint density at radius 3 is 2.35 bits per heavy atom. The largest absolute Gasteiger partial charge is 0.496 e. The maximum absolute atomic E-state index is 5.33. The molecule has 0 spiro atoms. The zero-order valence-corrected chi connectivity index (χ0v) is 14.5.